The second-order valence-electron chi connectivity index (χ2n) is 4.59. The fraction of sp³-hybridized carbons (Fsp3) is 0.417. The van der Waals surface area contributed by atoms with Gasteiger partial charge < -0.3 is 9.84 Å². The molecule has 0 unspecified atom stereocenters. The second-order valence-corrected chi connectivity index (χ2v) is 6.12. The third kappa shape index (κ3) is 3.68. The highest BCUT2D eigenvalue weighted by Crippen LogP contribution is 2.33. The topological polar surface area (TPSA) is 107 Å². The number of rotatable bonds is 6. The van der Waals surface area contributed by atoms with Crippen LogP contribution in [0.3, 0.4) is 0 Å². The fourth-order valence-corrected chi connectivity index (χ4v) is 2.42. The molecular weight excluding hydrogens is 270 g/mol. The Balaban J connectivity index is 2.22. The minimum absolute atomic E-state index is 0.105. The third-order valence-electron chi connectivity index (χ3n) is 2.98. The standard InChI is InChI=1S/C12H15NO5S/c13-19(16,17)11-7-9(12(14)15)3-4-10(11)18-6-5-8-1-2-8/h3-4,7-8H,1-2,5-6H2,(H,14,15)(H2,13,16,17). The zero-order valence-corrected chi connectivity index (χ0v) is 11.0. The molecule has 0 heterocycles. The Kier molecular flexibility index (Phi) is 3.77. The van der Waals surface area contributed by atoms with Gasteiger partial charge in [0, 0.05) is 0 Å². The predicted molar refractivity (Wildman–Crippen MR) is 67.6 cm³/mol. The zero-order valence-electron chi connectivity index (χ0n) is 10.2. The molecule has 0 radical (unpaired) electrons. The van der Waals surface area contributed by atoms with Gasteiger partial charge in [0.25, 0.3) is 0 Å². The normalized spacial score (nSPS) is 15.2. The summed E-state index contributed by atoms with van der Waals surface area (Å²) in [6.45, 7) is 0.402. The summed E-state index contributed by atoms with van der Waals surface area (Å²) in [4.78, 5) is 10.5. The molecule has 1 aliphatic carbocycles. The highest BCUT2D eigenvalue weighted by molar-refractivity contribution is 7.89. The summed E-state index contributed by atoms with van der Waals surface area (Å²) < 4.78 is 28.3. The van der Waals surface area contributed by atoms with Crippen LogP contribution in [-0.2, 0) is 10.0 Å². The highest BCUT2D eigenvalue weighted by atomic mass is 32.2. The van der Waals surface area contributed by atoms with Crippen molar-refractivity contribution in [1.29, 1.82) is 0 Å². The number of carbonyl (C=O) groups is 1. The maximum atomic E-state index is 11.4. The smallest absolute Gasteiger partial charge is 0.335 e. The van der Waals surface area contributed by atoms with Gasteiger partial charge in [0.05, 0.1) is 12.2 Å². The Hall–Kier alpha value is -1.60. The average molecular weight is 285 g/mol. The van der Waals surface area contributed by atoms with Crippen LogP contribution in [0.1, 0.15) is 29.6 Å². The van der Waals surface area contributed by atoms with Gasteiger partial charge in [0.2, 0.25) is 10.0 Å². The Morgan fingerprint density at radius 1 is 1.42 bits per heavy atom. The molecule has 6 nitrogen and oxygen atoms in total. The van der Waals surface area contributed by atoms with Crippen molar-refractivity contribution in [1.82, 2.24) is 0 Å². The molecule has 1 aromatic rings. The van der Waals surface area contributed by atoms with E-state index < -0.39 is 16.0 Å². The highest BCUT2D eigenvalue weighted by Gasteiger charge is 2.22. The van der Waals surface area contributed by atoms with Crippen molar-refractivity contribution in [3.63, 3.8) is 0 Å². The van der Waals surface area contributed by atoms with E-state index in [-0.39, 0.29) is 16.2 Å². The molecule has 1 aromatic carbocycles. The van der Waals surface area contributed by atoms with E-state index in [0.717, 1.165) is 12.5 Å². The van der Waals surface area contributed by atoms with E-state index in [0.29, 0.717) is 12.5 Å². The van der Waals surface area contributed by atoms with Crippen molar-refractivity contribution >= 4 is 16.0 Å². The van der Waals surface area contributed by atoms with Crippen LogP contribution in [0.2, 0.25) is 0 Å². The number of primary sulfonamides is 1. The molecule has 7 heteroatoms. The maximum Gasteiger partial charge on any atom is 0.335 e. The van der Waals surface area contributed by atoms with Crippen molar-refractivity contribution in [3.8, 4) is 5.75 Å². The van der Waals surface area contributed by atoms with E-state index in [1.807, 2.05) is 0 Å². The molecule has 0 atom stereocenters. The Morgan fingerprint density at radius 3 is 2.63 bits per heavy atom. The van der Waals surface area contributed by atoms with Crippen LogP contribution in [-0.4, -0.2) is 26.1 Å². The van der Waals surface area contributed by atoms with E-state index in [9.17, 15) is 13.2 Å². The minimum Gasteiger partial charge on any atom is -0.492 e. The third-order valence-corrected chi connectivity index (χ3v) is 3.91. The maximum absolute atomic E-state index is 11.4. The monoisotopic (exact) mass is 285 g/mol. The Morgan fingerprint density at radius 2 is 2.11 bits per heavy atom. The molecule has 2 rings (SSSR count). The number of carboxylic acid groups (broad SMARTS) is 1. The van der Waals surface area contributed by atoms with E-state index in [1.54, 1.807) is 0 Å². The van der Waals surface area contributed by atoms with Crippen LogP contribution in [0.5, 0.6) is 5.75 Å². The molecule has 0 saturated heterocycles. The van der Waals surface area contributed by atoms with Gasteiger partial charge in [-0.3, -0.25) is 0 Å². The number of sulfonamides is 1. The largest absolute Gasteiger partial charge is 0.492 e. The number of ether oxygens (including phenoxy) is 1. The number of aromatic carboxylic acids is 1. The molecule has 0 spiro atoms. The first-order valence-corrected chi connectivity index (χ1v) is 7.45. The molecule has 1 fully saturated rings. The minimum atomic E-state index is -4.01. The average Bonchev–Trinajstić information content (AvgIpc) is 3.11. The summed E-state index contributed by atoms with van der Waals surface area (Å²) in [7, 11) is -4.01. The van der Waals surface area contributed by atoms with Gasteiger partial charge in [-0.25, -0.2) is 18.4 Å². The van der Waals surface area contributed by atoms with Crippen LogP contribution in [0.4, 0.5) is 0 Å². The summed E-state index contributed by atoms with van der Waals surface area (Å²) in [6, 6.07) is 3.64. The van der Waals surface area contributed by atoms with E-state index in [4.69, 9.17) is 15.0 Å². The molecule has 104 valence electrons. The van der Waals surface area contributed by atoms with Crippen LogP contribution in [0.25, 0.3) is 0 Å². The summed E-state index contributed by atoms with van der Waals surface area (Å²) >= 11 is 0. The number of carboxylic acids is 1. The van der Waals surface area contributed by atoms with Crippen molar-refractivity contribution in [2.45, 2.75) is 24.2 Å². The number of nitrogens with two attached hydrogens (primary N) is 1. The number of benzene rings is 1. The van der Waals surface area contributed by atoms with E-state index >= 15 is 0 Å². The molecule has 0 aromatic heterocycles. The fourth-order valence-electron chi connectivity index (χ4n) is 1.72. The van der Waals surface area contributed by atoms with E-state index in [1.165, 1.54) is 25.0 Å². The molecule has 3 N–H and O–H groups in total. The zero-order chi connectivity index (χ0) is 14.0. The lowest BCUT2D eigenvalue weighted by Gasteiger charge is -2.10. The first kappa shape index (κ1) is 13.8. The molecule has 19 heavy (non-hydrogen) atoms. The van der Waals surface area contributed by atoms with Gasteiger partial charge in [-0.15, -0.1) is 0 Å². The quantitative estimate of drug-likeness (QED) is 0.817. The van der Waals surface area contributed by atoms with Gasteiger partial charge in [-0.05, 0) is 30.5 Å². The molecular formula is C12H15NO5S. The first-order valence-electron chi connectivity index (χ1n) is 5.91. The second kappa shape index (κ2) is 5.18. The molecule has 0 amide bonds. The lowest BCUT2D eigenvalue weighted by Crippen LogP contribution is -2.15. The molecule has 0 aliphatic heterocycles. The van der Waals surface area contributed by atoms with Crippen LogP contribution < -0.4 is 9.88 Å². The Labute approximate surface area is 111 Å². The first-order chi connectivity index (χ1) is 8.88. The number of hydrogen-bond donors (Lipinski definition) is 2. The van der Waals surface area contributed by atoms with E-state index in [2.05, 4.69) is 0 Å². The lowest BCUT2D eigenvalue weighted by atomic mass is 10.2. The van der Waals surface area contributed by atoms with Gasteiger partial charge in [-0.2, -0.15) is 0 Å². The van der Waals surface area contributed by atoms with Crippen LogP contribution >= 0.6 is 0 Å². The summed E-state index contributed by atoms with van der Waals surface area (Å²) in [6.07, 6.45) is 3.23. The van der Waals surface area contributed by atoms with Crippen LogP contribution in [0.15, 0.2) is 23.1 Å². The van der Waals surface area contributed by atoms with Crippen LogP contribution in [0, 0.1) is 5.92 Å². The van der Waals surface area contributed by atoms with Gasteiger partial charge in [-0.1, -0.05) is 12.8 Å². The van der Waals surface area contributed by atoms with Crippen molar-refractivity contribution in [3.05, 3.63) is 23.8 Å². The predicted octanol–water partition coefficient (Wildman–Crippen LogP) is 1.21. The molecule has 1 aliphatic rings. The van der Waals surface area contributed by atoms with Gasteiger partial charge >= 0.3 is 5.97 Å². The number of hydrogen-bond acceptors (Lipinski definition) is 4. The molecule has 0 bridgehead atoms. The van der Waals surface area contributed by atoms with Crippen molar-refractivity contribution < 1.29 is 23.1 Å². The summed E-state index contributed by atoms with van der Waals surface area (Å²) in [5.41, 5.74) is -0.140. The molecule has 1 saturated carbocycles. The van der Waals surface area contributed by atoms with Gasteiger partial charge in [0.15, 0.2) is 0 Å². The van der Waals surface area contributed by atoms with Crippen molar-refractivity contribution in [2.75, 3.05) is 6.61 Å². The van der Waals surface area contributed by atoms with Crippen molar-refractivity contribution in [2.24, 2.45) is 11.1 Å². The Bertz CT molecular complexity index is 592. The summed E-state index contributed by atoms with van der Waals surface area (Å²) in [5.74, 6) is -0.446. The summed E-state index contributed by atoms with van der Waals surface area (Å²) in [5, 5.41) is 13.9. The lowest BCUT2D eigenvalue weighted by molar-refractivity contribution is 0.0696. The van der Waals surface area contributed by atoms with Gasteiger partial charge in [0.1, 0.15) is 10.6 Å². The SMILES string of the molecule is NS(=O)(=O)c1cc(C(=O)O)ccc1OCCC1CC1.